The van der Waals surface area contributed by atoms with E-state index in [0.717, 1.165) is 0 Å². The van der Waals surface area contributed by atoms with E-state index in [-0.39, 0.29) is 42.6 Å². The van der Waals surface area contributed by atoms with Crippen molar-refractivity contribution in [1.82, 2.24) is 0 Å². The Kier molecular flexibility index (Phi) is 2.90. The van der Waals surface area contributed by atoms with Crippen LogP contribution in [0.3, 0.4) is 0 Å². The van der Waals surface area contributed by atoms with Gasteiger partial charge in [0.05, 0.1) is 0 Å². The molecule has 0 saturated carbocycles. The van der Waals surface area contributed by atoms with Crippen LogP contribution in [-0.2, 0) is 26.1 Å². The van der Waals surface area contributed by atoms with E-state index in [2.05, 4.69) is 0 Å². The van der Waals surface area contributed by atoms with Crippen LogP contribution in [0.5, 0.6) is 5.75 Å². The molecule has 0 aliphatic heterocycles. The summed E-state index contributed by atoms with van der Waals surface area (Å²) in [6.45, 7) is 0. The Morgan fingerprint density at radius 2 is 2.17 bits per heavy atom. The number of phenols is 1. The third-order valence-electron chi connectivity index (χ3n) is 1.39. The van der Waals surface area contributed by atoms with Gasteiger partial charge in [0.2, 0.25) is 0 Å². The van der Waals surface area contributed by atoms with Gasteiger partial charge >= 0.3 is 89.5 Å². The third kappa shape index (κ3) is 1.69. The molecule has 59 valence electrons. The van der Waals surface area contributed by atoms with Crippen molar-refractivity contribution >= 4 is 20.4 Å². The van der Waals surface area contributed by atoms with Crippen molar-refractivity contribution in [1.29, 1.82) is 0 Å². The summed E-state index contributed by atoms with van der Waals surface area (Å²) < 4.78 is 0.474. The second kappa shape index (κ2) is 3.57. The van der Waals surface area contributed by atoms with Crippen LogP contribution in [0.4, 0.5) is 5.69 Å². The van der Waals surface area contributed by atoms with Crippen LogP contribution in [0.25, 0.3) is 0 Å². The molecule has 12 heavy (non-hydrogen) atoms. The maximum atomic E-state index is 10.4. The molecule has 0 heterocycles. The number of benzene rings is 1. The van der Waals surface area contributed by atoms with Crippen LogP contribution in [0.15, 0.2) is 12.1 Å². The minimum atomic E-state index is -0.492. The fourth-order valence-corrected chi connectivity index (χ4v) is 2.59. The molecule has 0 aliphatic carbocycles. The number of halogens is 1. The molecule has 6 heteroatoms. The zero-order valence-corrected chi connectivity index (χ0v) is 12.2. The first-order valence-electron chi connectivity index (χ1n) is 3.02. The normalized spacial score (nSPS) is 9.92. The Morgan fingerprint density at radius 1 is 1.58 bits per heavy atom. The Morgan fingerprint density at radius 3 is 2.67 bits per heavy atom. The molecule has 1 aromatic carbocycles. The Bertz CT molecular complexity index is 342. The summed E-state index contributed by atoms with van der Waals surface area (Å²) in [5.74, 6) is -0.0905. The molecule has 0 unspecified atom stereocenters. The van der Waals surface area contributed by atoms with Gasteiger partial charge in [-0.25, -0.2) is 0 Å². The van der Waals surface area contributed by atoms with E-state index < -0.39 is 4.92 Å². The van der Waals surface area contributed by atoms with E-state index in [0.29, 0.717) is 3.07 Å². The zero-order chi connectivity index (χ0) is 9.30. The molecule has 1 N–H and O–H groups in total. The summed E-state index contributed by atoms with van der Waals surface area (Å²) in [6.07, 6.45) is 0. The van der Waals surface area contributed by atoms with Crippen molar-refractivity contribution in [2.75, 3.05) is 0 Å². The molecule has 0 bridgehead atoms. The standard InChI is InChI=1S/C6H3ClNO3.Hg/c7-5-3-4(8(10)11)1-2-6(5)9;/h1-2,9H;. The van der Waals surface area contributed by atoms with E-state index in [4.69, 9.17) is 16.7 Å². The molecular weight excluding hydrogens is 370 g/mol. The van der Waals surface area contributed by atoms with Crippen LogP contribution < -0.4 is 3.07 Å². The van der Waals surface area contributed by atoms with Gasteiger partial charge in [0.15, 0.2) is 0 Å². The van der Waals surface area contributed by atoms with Crippen LogP contribution in [0.1, 0.15) is 0 Å². The Labute approximate surface area is 89.3 Å². The average molecular weight is 373 g/mol. The van der Waals surface area contributed by atoms with Crippen molar-refractivity contribution in [2.24, 2.45) is 0 Å². The summed E-state index contributed by atoms with van der Waals surface area (Å²) in [5, 5.41) is 19.6. The molecule has 0 fully saturated rings. The fourth-order valence-electron chi connectivity index (χ4n) is 0.770. The molecule has 1 rings (SSSR count). The predicted octanol–water partition coefficient (Wildman–Crippen LogP) is 1.13. The number of hydrogen-bond acceptors (Lipinski definition) is 3. The second-order valence-corrected chi connectivity index (χ2v) is 5.28. The van der Waals surface area contributed by atoms with Gasteiger partial charge in [-0.05, 0) is 0 Å². The Hall–Kier alpha value is -0.355. The number of nitrogens with zero attached hydrogens (tertiary/aromatic N) is 1. The molecule has 0 aliphatic rings. The summed E-state index contributed by atoms with van der Waals surface area (Å²) >= 11 is 5.64. The third-order valence-corrected chi connectivity index (χ3v) is 5.47. The average Bonchev–Trinajstić information content (AvgIpc) is 2.00. The van der Waals surface area contributed by atoms with E-state index in [1.807, 2.05) is 0 Å². The molecule has 0 radical (unpaired) electrons. The number of phenolic OH excluding ortho intramolecular Hbond substituents is 1. The Balaban J connectivity index is 3.36. The van der Waals surface area contributed by atoms with Crippen molar-refractivity contribution in [3.05, 3.63) is 27.3 Å². The molecule has 0 spiro atoms. The maximum absolute atomic E-state index is 10.4. The first-order chi connectivity index (χ1) is 5.54. The van der Waals surface area contributed by atoms with Crippen LogP contribution in [0, 0.1) is 10.1 Å². The summed E-state index contributed by atoms with van der Waals surface area (Å²) in [5.41, 5.74) is 0.00105. The summed E-state index contributed by atoms with van der Waals surface area (Å²) in [4.78, 5) is 9.89. The topological polar surface area (TPSA) is 63.4 Å². The molecule has 0 atom stereocenters. The monoisotopic (exact) mass is 374 g/mol. The van der Waals surface area contributed by atoms with Gasteiger partial charge in [0.1, 0.15) is 0 Å². The van der Waals surface area contributed by atoms with Gasteiger partial charge in [-0.1, -0.05) is 0 Å². The molecule has 0 amide bonds. The number of hydrogen-bond donors (Lipinski definition) is 1. The van der Waals surface area contributed by atoms with E-state index in [1.54, 1.807) is 0 Å². The minimum absolute atomic E-state index is 0.00105. The first kappa shape index (κ1) is 9.73. The van der Waals surface area contributed by atoms with Crippen LogP contribution in [-0.4, -0.2) is 10.0 Å². The van der Waals surface area contributed by atoms with Gasteiger partial charge in [-0.3, -0.25) is 0 Å². The SMILES string of the molecule is O=[N+]([O-])c1ccc(O)c(Cl)[c]1[Hg]. The van der Waals surface area contributed by atoms with Gasteiger partial charge in [0.25, 0.3) is 0 Å². The summed E-state index contributed by atoms with van der Waals surface area (Å²) in [7, 11) is 0. The van der Waals surface area contributed by atoms with E-state index >= 15 is 0 Å². The van der Waals surface area contributed by atoms with Gasteiger partial charge in [0, 0.05) is 0 Å². The van der Waals surface area contributed by atoms with Gasteiger partial charge in [-0.2, -0.15) is 0 Å². The fraction of sp³-hybridized carbons (Fsp3) is 0. The molecular formula is C6H3ClHgNO3. The molecule has 4 nitrogen and oxygen atoms in total. The molecule has 1 aromatic rings. The second-order valence-electron chi connectivity index (χ2n) is 2.15. The van der Waals surface area contributed by atoms with Gasteiger partial charge in [-0.15, -0.1) is 0 Å². The van der Waals surface area contributed by atoms with Crippen molar-refractivity contribution in [2.45, 2.75) is 0 Å². The van der Waals surface area contributed by atoms with Crippen molar-refractivity contribution in [3.63, 3.8) is 0 Å². The number of nitro benzene ring substituents is 1. The summed E-state index contributed by atoms with van der Waals surface area (Å²) in [6, 6.07) is 2.50. The van der Waals surface area contributed by atoms with E-state index in [1.165, 1.54) is 12.1 Å². The first-order valence-corrected chi connectivity index (χ1v) is 6.14. The van der Waals surface area contributed by atoms with Crippen molar-refractivity contribution in [3.8, 4) is 5.75 Å². The van der Waals surface area contributed by atoms with Crippen molar-refractivity contribution < 1.29 is 36.2 Å². The van der Waals surface area contributed by atoms with Crippen LogP contribution >= 0.6 is 11.6 Å². The van der Waals surface area contributed by atoms with Crippen LogP contribution in [0.2, 0.25) is 5.02 Å². The quantitative estimate of drug-likeness (QED) is 0.456. The number of nitro groups is 1. The molecule has 0 saturated heterocycles. The number of aromatic hydroxyl groups is 1. The van der Waals surface area contributed by atoms with Gasteiger partial charge < -0.3 is 0 Å². The molecule has 0 aromatic heterocycles. The van der Waals surface area contributed by atoms with E-state index in [9.17, 15) is 10.1 Å². The number of rotatable bonds is 1. The predicted molar refractivity (Wildman–Crippen MR) is 39.4 cm³/mol. The zero-order valence-electron chi connectivity index (χ0n) is 5.95.